The van der Waals surface area contributed by atoms with Crippen LogP contribution in [0.25, 0.3) is 16.8 Å². The van der Waals surface area contributed by atoms with Crippen LogP contribution in [0.5, 0.6) is 0 Å². The number of aryl methyl sites for hydroxylation is 1. The van der Waals surface area contributed by atoms with Crippen molar-refractivity contribution < 1.29 is 8.42 Å². The van der Waals surface area contributed by atoms with E-state index in [0.29, 0.717) is 5.69 Å². The van der Waals surface area contributed by atoms with Crippen LogP contribution in [0.2, 0.25) is 0 Å². The Morgan fingerprint density at radius 1 is 1.06 bits per heavy atom. The highest BCUT2D eigenvalue weighted by molar-refractivity contribution is 7.88. The molecule has 0 fully saturated rings. The number of hydrogen-bond acceptors (Lipinski definition) is 5. The minimum absolute atomic E-state index is 0.0324. The lowest BCUT2D eigenvalue weighted by atomic mass is 9.84. The lowest BCUT2D eigenvalue weighted by Crippen LogP contribution is -2.40. The van der Waals surface area contributed by atoms with Crippen LogP contribution >= 0.6 is 0 Å². The van der Waals surface area contributed by atoms with Gasteiger partial charge in [0.05, 0.1) is 18.0 Å². The number of sulfonamides is 1. The van der Waals surface area contributed by atoms with Crippen LogP contribution in [0.1, 0.15) is 49.9 Å². The van der Waals surface area contributed by atoms with Crippen molar-refractivity contribution in [3.8, 4) is 16.8 Å². The first-order chi connectivity index (χ1) is 15.8. The summed E-state index contributed by atoms with van der Waals surface area (Å²) in [4.78, 5) is 28.9. The monoisotopic (exact) mass is 482 g/mol. The van der Waals surface area contributed by atoms with Crippen molar-refractivity contribution >= 4 is 10.0 Å². The molecule has 34 heavy (non-hydrogen) atoms. The smallest absolute Gasteiger partial charge is 0.274 e. The summed E-state index contributed by atoms with van der Waals surface area (Å²) in [7, 11) is -1.60. The summed E-state index contributed by atoms with van der Waals surface area (Å²) >= 11 is 0. The highest BCUT2D eigenvalue weighted by Gasteiger charge is 2.28. The van der Waals surface area contributed by atoms with Gasteiger partial charge in [-0.15, -0.1) is 4.83 Å². The summed E-state index contributed by atoms with van der Waals surface area (Å²) < 4.78 is 24.8. The molecule has 1 unspecified atom stereocenters. The van der Waals surface area contributed by atoms with Gasteiger partial charge in [0.25, 0.3) is 5.56 Å². The number of hydrazine groups is 1. The van der Waals surface area contributed by atoms with Gasteiger partial charge in [-0.25, -0.2) is 18.2 Å². The summed E-state index contributed by atoms with van der Waals surface area (Å²) in [5.74, 6) is 0. The maximum atomic E-state index is 12.5. The molecular formula is C25H30N4O4S. The Morgan fingerprint density at radius 3 is 2.44 bits per heavy atom. The third-order valence-corrected chi connectivity index (χ3v) is 6.81. The van der Waals surface area contributed by atoms with Gasteiger partial charge in [0, 0.05) is 19.3 Å². The molecule has 0 saturated heterocycles. The molecular weight excluding hydrogens is 452 g/mol. The van der Waals surface area contributed by atoms with Gasteiger partial charge in [0.15, 0.2) is 0 Å². The Bertz CT molecular complexity index is 1470. The second-order valence-corrected chi connectivity index (χ2v) is 11.7. The summed E-state index contributed by atoms with van der Waals surface area (Å²) in [5.41, 5.74) is 4.93. The van der Waals surface area contributed by atoms with E-state index in [-0.39, 0.29) is 11.5 Å². The van der Waals surface area contributed by atoms with Crippen LogP contribution < -0.4 is 16.1 Å². The van der Waals surface area contributed by atoms with Gasteiger partial charge in [-0.3, -0.25) is 14.3 Å². The molecule has 1 heterocycles. The largest absolute Gasteiger partial charge is 0.332 e. The number of nitrogens with one attached hydrogen (secondary N) is 2. The molecule has 1 aliphatic carbocycles. The molecule has 0 saturated carbocycles. The van der Waals surface area contributed by atoms with Gasteiger partial charge < -0.3 is 0 Å². The first-order valence-corrected chi connectivity index (χ1v) is 13.0. The SMILES string of the molecule is CN(NS(C)(=O)=O)C1CCc2cc(-c3cc(-n4ccc(=O)[nH]c4=O)cc(C(C)(C)C)c3)ccc21. The predicted octanol–water partition coefficient (Wildman–Crippen LogP) is 2.87. The van der Waals surface area contributed by atoms with E-state index in [2.05, 4.69) is 48.8 Å². The fraction of sp³-hybridized carbons (Fsp3) is 0.360. The van der Waals surface area contributed by atoms with Gasteiger partial charge in [-0.05, 0) is 58.2 Å². The Morgan fingerprint density at radius 2 is 1.79 bits per heavy atom. The van der Waals surface area contributed by atoms with Gasteiger partial charge >= 0.3 is 5.69 Å². The average Bonchev–Trinajstić information content (AvgIpc) is 3.15. The molecule has 1 atom stereocenters. The molecule has 1 aliphatic rings. The van der Waals surface area contributed by atoms with Gasteiger partial charge in [0.2, 0.25) is 10.0 Å². The van der Waals surface area contributed by atoms with E-state index < -0.39 is 21.3 Å². The predicted molar refractivity (Wildman–Crippen MR) is 134 cm³/mol. The molecule has 0 bridgehead atoms. The zero-order valence-corrected chi connectivity index (χ0v) is 20.9. The van der Waals surface area contributed by atoms with Crippen LogP contribution in [0, 0.1) is 0 Å². The van der Waals surface area contributed by atoms with Crippen LogP contribution in [0.3, 0.4) is 0 Å². The van der Waals surface area contributed by atoms with Crippen LogP contribution in [0.4, 0.5) is 0 Å². The number of aromatic amines is 1. The highest BCUT2D eigenvalue weighted by Crippen LogP contribution is 2.38. The Labute approximate surface area is 199 Å². The fourth-order valence-corrected chi connectivity index (χ4v) is 5.12. The minimum atomic E-state index is -3.34. The molecule has 180 valence electrons. The average molecular weight is 483 g/mol. The fourth-order valence-electron chi connectivity index (χ4n) is 4.47. The number of rotatable bonds is 5. The highest BCUT2D eigenvalue weighted by atomic mass is 32.2. The summed E-state index contributed by atoms with van der Waals surface area (Å²) in [6, 6.07) is 13.6. The van der Waals surface area contributed by atoms with E-state index in [0.717, 1.165) is 41.4 Å². The van der Waals surface area contributed by atoms with Crippen LogP contribution in [-0.4, -0.2) is 36.3 Å². The molecule has 0 aliphatic heterocycles. The third kappa shape index (κ3) is 5.06. The number of benzene rings is 2. The standard InChI is InChI=1S/C25H30N4O4S/c1-25(2,3)19-13-18(14-20(15-19)29-11-10-23(30)26-24(29)31)16-6-8-21-17(12-16)7-9-22(21)28(4)27-34(5,32)33/h6,8,10-15,22,27H,7,9H2,1-5H3,(H,26,30,31). The first-order valence-electron chi connectivity index (χ1n) is 11.1. The van der Waals surface area contributed by atoms with E-state index >= 15 is 0 Å². The van der Waals surface area contributed by atoms with E-state index in [9.17, 15) is 18.0 Å². The number of nitrogens with zero attached hydrogens (tertiary/aromatic N) is 2. The van der Waals surface area contributed by atoms with Gasteiger partial charge in [0.1, 0.15) is 0 Å². The van der Waals surface area contributed by atoms with Crippen molar-refractivity contribution in [2.45, 2.75) is 45.1 Å². The molecule has 0 radical (unpaired) electrons. The zero-order valence-electron chi connectivity index (χ0n) is 20.0. The van der Waals surface area contributed by atoms with Crippen molar-refractivity contribution in [1.29, 1.82) is 0 Å². The molecule has 3 aromatic rings. The minimum Gasteiger partial charge on any atom is -0.274 e. The third-order valence-electron chi connectivity index (χ3n) is 6.19. The van der Waals surface area contributed by atoms with Crippen LogP contribution in [-0.2, 0) is 21.9 Å². The van der Waals surface area contributed by atoms with Crippen molar-refractivity contribution in [2.75, 3.05) is 13.3 Å². The summed E-state index contributed by atoms with van der Waals surface area (Å²) in [6.45, 7) is 6.34. The number of hydrogen-bond donors (Lipinski definition) is 2. The molecule has 2 N–H and O–H groups in total. The normalized spacial score (nSPS) is 16.1. The van der Waals surface area contributed by atoms with Crippen molar-refractivity contribution in [3.63, 3.8) is 0 Å². The molecule has 0 spiro atoms. The zero-order chi connectivity index (χ0) is 24.8. The van der Waals surface area contributed by atoms with E-state index in [1.54, 1.807) is 12.1 Å². The molecule has 2 aromatic carbocycles. The molecule has 4 rings (SSSR count). The number of fused-ring (bicyclic) bond motifs is 1. The Kier molecular flexibility index (Phi) is 6.14. The Balaban J connectivity index is 1.78. The van der Waals surface area contributed by atoms with E-state index in [4.69, 9.17) is 0 Å². The second kappa shape index (κ2) is 8.65. The maximum Gasteiger partial charge on any atom is 0.332 e. The Hall–Kier alpha value is -3.01. The molecule has 9 heteroatoms. The van der Waals surface area contributed by atoms with Crippen molar-refractivity contribution in [2.24, 2.45) is 0 Å². The lowest BCUT2D eigenvalue weighted by molar-refractivity contribution is 0.213. The molecule has 8 nitrogen and oxygen atoms in total. The van der Waals surface area contributed by atoms with Gasteiger partial charge in [-0.1, -0.05) is 45.0 Å². The second-order valence-electron chi connectivity index (χ2n) is 9.94. The maximum absolute atomic E-state index is 12.5. The first kappa shape index (κ1) is 24.1. The van der Waals surface area contributed by atoms with Gasteiger partial charge in [-0.2, -0.15) is 0 Å². The summed E-state index contributed by atoms with van der Waals surface area (Å²) in [5, 5.41) is 1.65. The topological polar surface area (TPSA) is 104 Å². The molecule has 1 aromatic heterocycles. The number of aromatic nitrogens is 2. The van der Waals surface area contributed by atoms with Crippen molar-refractivity contribution in [1.82, 2.24) is 19.4 Å². The quantitative estimate of drug-likeness (QED) is 0.544. The van der Waals surface area contributed by atoms with E-state index in [1.807, 2.05) is 18.2 Å². The number of H-pyrrole nitrogens is 1. The van der Waals surface area contributed by atoms with Crippen molar-refractivity contribution in [3.05, 3.63) is 86.2 Å². The molecule has 0 amide bonds. The summed E-state index contributed by atoms with van der Waals surface area (Å²) in [6.07, 6.45) is 4.30. The lowest BCUT2D eigenvalue weighted by Gasteiger charge is -2.25. The van der Waals surface area contributed by atoms with E-state index in [1.165, 1.54) is 22.4 Å². The van der Waals surface area contributed by atoms with Crippen LogP contribution in [0.15, 0.2) is 58.3 Å².